The summed E-state index contributed by atoms with van der Waals surface area (Å²) in [5.74, 6) is 2.46. The van der Waals surface area contributed by atoms with Crippen molar-refractivity contribution in [1.82, 2.24) is 9.80 Å². The van der Waals surface area contributed by atoms with Gasteiger partial charge in [-0.25, -0.2) is 0 Å². The Morgan fingerprint density at radius 2 is 1.79 bits per heavy atom. The molecule has 0 N–H and O–H groups in total. The van der Waals surface area contributed by atoms with Crippen molar-refractivity contribution in [2.24, 2.45) is 0 Å². The molecule has 29 heavy (non-hydrogen) atoms. The minimum Gasteiger partial charge on any atom is -0.497 e. The Morgan fingerprint density at radius 3 is 2.62 bits per heavy atom. The molecule has 0 saturated carbocycles. The highest BCUT2D eigenvalue weighted by Crippen LogP contribution is 2.33. The smallest absolute Gasteiger partial charge is 0.249 e. The highest BCUT2D eigenvalue weighted by molar-refractivity contribution is 5.78. The summed E-state index contributed by atoms with van der Waals surface area (Å²) in [6.45, 7) is 3.41. The summed E-state index contributed by atoms with van der Waals surface area (Å²) in [5.41, 5.74) is 2.26. The topological polar surface area (TPSA) is 60.5 Å². The summed E-state index contributed by atoms with van der Waals surface area (Å²) in [6, 6.07) is 14.0. The second-order valence-corrected chi connectivity index (χ2v) is 7.67. The first-order valence-electron chi connectivity index (χ1n) is 9.84. The molecule has 3 heterocycles. The van der Waals surface area contributed by atoms with E-state index in [4.69, 9.17) is 18.9 Å². The fourth-order valence-corrected chi connectivity index (χ4v) is 4.30. The minimum atomic E-state index is 0.0416. The molecular weight excluding hydrogens is 372 g/mol. The van der Waals surface area contributed by atoms with Gasteiger partial charge in [-0.15, -0.1) is 0 Å². The lowest BCUT2D eigenvalue weighted by Crippen LogP contribution is -2.53. The number of rotatable bonds is 5. The van der Waals surface area contributed by atoms with Crippen LogP contribution in [-0.2, 0) is 22.6 Å². The first-order valence-corrected chi connectivity index (χ1v) is 9.84. The lowest BCUT2D eigenvalue weighted by molar-refractivity contribution is -0.153. The molecule has 5 rings (SSSR count). The first kappa shape index (κ1) is 18.3. The van der Waals surface area contributed by atoms with Crippen LogP contribution in [0.1, 0.15) is 11.1 Å². The van der Waals surface area contributed by atoms with E-state index >= 15 is 0 Å². The first-order chi connectivity index (χ1) is 14.2. The van der Waals surface area contributed by atoms with Crippen molar-refractivity contribution < 1.29 is 23.7 Å². The number of fused-ring (bicyclic) bond motifs is 2. The maximum atomic E-state index is 12.6. The summed E-state index contributed by atoms with van der Waals surface area (Å²) in [4.78, 5) is 16.9. The normalized spacial score (nSPS) is 23.3. The van der Waals surface area contributed by atoms with Gasteiger partial charge in [0.25, 0.3) is 0 Å². The SMILES string of the molecule is COc1ccc(CN2C(=O)CO[C@H]3CN(Cc4ccc5c(c4)OCO5)C[C@H]32)cc1. The number of carbonyl (C=O) groups excluding carboxylic acids is 1. The van der Waals surface area contributed by atoms with Gasteiger partial charge < -0.3 is 23.8 Å². The van der Waals surface area contributed by atoms with Gasteiger partial charge in [0, 0.05) is 26.2 Å². The van der Waals surface area contributed by atoms with Crippen molar-refractivity contribution in [1.29, 1.82) is 0 Å². The van der Waals surface area contributed by atoms with E-state index in [1.807, 2.05) is 41.3 Å². The Morgan fingerprint density at radius 1 is 1.00 bits per heavy atom. The maximum Gasteiger partial charge on any atom is 0.249 e. The van der Waals surface area contributed by atoms with Crippen LogP contribution in [0.2, 0.25) is 0 Å². The lowest BCUT2D eigenvalue weighted by atomic mass is 10.1. The highest BCUT2D eigenvalue weighted by Gasteiger charge is 2.43. The molecule has 0 unspecified atom stereocenters. The zero-order valence-corrected chi connectivity index (χ0v) is 16.4. The molecular formula is C22H24N2O5. The number of ether oxygens (including phenoxy) is 4. The van der Waals surface area contributed by atoms with Crippen molar-refractivity contribution in [2.75, 3.05) is 33.6 Å². The summed E-state index contributed by atoms with van der Waals surface area (Å²) >= 11 is 0. The van der Waals surface area contributed by atoms with Crippen LogP contribution in [0.15, 0.2) is 42.5 Å². The van der Waals surface area contributed by atoms with Crippen molar-refractivity contribution in [2.45, 2.75) is 25.2 Å². The fourth-order valence-electron chi connectivity index (χ4n) is 4.30. The molecule has 2 saturated heterocycles. The van der Waals surface area contributed by atoms with Gasteiger partial charge >= 0.3 is 0 Å². The average molecular weight is 396 g/mol. The van der Waals surface area contributed by atoms with Crippen molar-refractivity contribution in [3.8, 4) is 17.2 Å². The summed E-state index contributed by atoms with van der Waals surface area (Å²) in [6.07, 6.45) is 0.0416. The van der Waals surface area contributed by atoms with Crippen LogP contribution >= 0.6 is 0 Å². The largest absolute Gasteiger partial charge is 0.497 e. The minimum absolute atomic E-state index is 0.0416. The van der Waals surface area contributed by atoms with Gasteiger partial charge in [-0.2, -0.15) is 0 Å². The van der Waals surface area contributed by atoms with Crippen molar-refractivity contribution in [3.05, 3.63) is 53.6 Å². The number of likely N-dealkylation sites (tertiary alicyclic amines) is 1. The van der Waals surface area contributed by atoms with Crippen LogP contribution in [0.3, 0.4) is 0 Å². The number of hydrogen-bond donors (Lipinski definition) is 0. The van der Waals surface area contributed by atoms with Gasteiger partial charge in [0.2, 0.25) is 12.7 Å². The Labute approximate surface area is 169 Å². The van der Waals surface area contributed by atoms with Crippen LogP contribution in [0.4, 0.5) is 0 Å². The maximum absolute atomic E-state index is 12.6. The van der Waals surface area contributed by atoms with Crippen LogP contribution in [0.25, 0.3) is 0 Å². The molecule has 2 atom stereocenters. The molecule has 0 aromatic heterocycles. The van der Waals surface area contributed by atoms with Crippen LogP contribution in [0.5, 0.6) is 17.2 Å². The number of nitrogens with zero attached hydrogens (tertiary/aromatic N) is 2. The van der Waals surface area contributed by atoms with E-state index in [0.29, 0.717) is 6.54 Å². The Kier molecular flexibility index (Phi) is 4.77. The molecule has 7 heteroatoms. The third-order valence-corrected chi connectivity index (χ3v) is 5.81. The highest BCUT2D eigenvalue weighted by atomic mass is 16.7. The Balaban J connectivity index is 1.27. The molecule has 0 aliphatic carbocycles. The second kappa shape index (κ2) is 7.57. The van der Waals surface area contributed by atoms with E-state index in [1.165, 1.54) is 5.56 Å². The fraction of sp³-hybridized carbons (Fsp3) is 0.409. The number of methoxy groups -OCH3 is 1. The quantitative estimate of drug-likeness (QED) is 0.771. The van der Waals surface area contributed by atoms with E-state index in [2.05, 4.69) is 11.0 Å². The summed E-state index contributed by atoms with van der Waals surface area (Å²) in [7, 11) is 1.65. The van der Waals surface area contributed by atoms with Gasteiger partial charge in [0.1, 0.15) is 12.4 Å². The average Bonchev–Trinajstić information content (AvgIpc) is 3.37. The molecule has 0 bridgehead atoms. The lowest BCUT2D eigenvalue weighted by Gasteiger charge is -2.36. The molecule has 2 aromatic carbocycles. The van der Waals surface area contributed by atoms with E-state index < -0.39 is 0 Å². The predicted molar refractivity (Wildman–Crippen MR) is 105 cm³/mol. The van der Waals surface area contributed by atoms with Gasteiger partial charge in [0.15, 0.2) is 11.5 Å². The number of morpholine rings is 1. The Hall–Kier alpha value is -2.77. The van der Waals surface area contributed by atoms with E-state index in [0.717, 1.165) is 42.4 Å². The van der Waals surface area contributed by atoms with Crippen molar-refractivity contribution >= 4 is 5.91 Å². The Bertz CT molecular complexity index is 901. The molecule has 0 radical (unpaired) electrons. The van der Waals surface area contributed by atoms with E-state index in [-0.39, 0.29) is 31.5 Å². The molecule has 7 nitrogen and oxygen atoms in total. The molecule has 2 fully saturated rings. The second-order valence-electron chi connectivity index (χ2n) is 7.67. The molecule has 2 aromatic rings. The van der Waals surface area contributed by atoms with Crippen LogP contribution in [-0.4, -0.2) is 61.5 Å². The van der Waals surface area contributed by atoms with E-state index in [1.54, 1.807) is 7.11 Å². The van der Waals surface area contributed by atoms with Gasteiger partial charge in [0.05, 0.1) is 19.3 Å². The standard InChI is InChI=1S/C22H24N2O5/c1-26-17-5-2-15(3-6-17)10-24-18-11-23(12-21(18)27-13-22(24)25)9-16-4-7-19-20(8-16)29-14-28-19/h2-8,18,21H,9-14H2,1H3/t18-,21+/m1/s1. The third-order valence-electron chi connectivity index (χ3n) is 5.81. The number of benzene rings is 2. The van der Waals surface area contributed by atoms with Gasteiger partial charge in [-0.1, -0.05) is 18.2 Å². The van der Waals surface area contributed by atoms with Crippen LogP contribution < -0.4 is 14.2 Å². The molecule has 1 amide bonds. The monoisotopic (exact) mass is 396 g/mol. The number of amides is 1. The zero-order valence-electron chi connectivity index (χ0n) is 16.4. The van der Waals surface area contributed by atoms with Crippen molar-refractivity contribution in [3.63, 3.8) is 0 Å². The number of carbonyl (C=O) groups is 1. The predicted octanol–water partition coefficient (Wildman–Crippen LogP) is 2.04. The van der Waals surface area contributed by atoms with Crippen LogP contribution in [0, 0.1) is 0 Å². The molecule has 3 aliphatic rings. The summed E-state index contributed by atoms with van der Waals surface area (Å²) in [5, 5.41) is 0. The third kappa shape index (κ3) is 3.63. The van der Waals surface area contributed by atoms with E-state index in [9.17, 15) is 4.79 Å². The molecule has 3 aliphatic heterocycles. The van der Waals surface area contributed by atoms with Gasteiger partial charge in [-0.05, 0) is 35.4 Å². The zero-order chi connectivity index (χ0) is 19.8. The molecule has 152 valence electrons. The number of hydrogen-bond acceptors (Lipinski definition) is 6. The van der Waals surface area contributed by atoms with Gasteiger partial charge in [-0.3, -0.25) is 9.69 Å². The summed E-state index contributed by atoms with van der Waals surface area (Å²) < 4.78 is 22.0. The molecule has 0 spiro atoms.